The summed E-state index contributed by atoms with van der Waals surface area (Å²) in [5.41, 5.74) is 1.47. The minimum absolute atomic E-state index is 0.335. The molecule has 1 aromatic carbocycles. The SMILES string of the molecule is N#C[C@@H](Cc1cccnc1)C(=O)Nc1ccc(Cl)cc1. The monoisotopic (exact) mass is 285 g/mol. The number of aromatic nitrogens is 1. The topological polar surface area (TPSA) is 65.8 Å². The minimum atomic E-state index is -0.755. The predicted octanol–water partition coefficient (Wildman–Crippen LogP) is 3.06. The molecule has 1 aromatic heterocycles. The number of nitrogens with zero attached hydrogens (tertiary/aromatic N) is 2. The summed E-state index contributed by atoms with van der Waals surface area (Å²) in [6.07, 6.45) is 3.64. The minimum Gasteiger partial charge on any atom is -0.325 e. The summed E-state index contributed by atoms with van der Waals surface area (Å²) in [6, 6.07) is 12.4. The first-order chi connectivity index (χ1) is 9.69. The predicted molar refractivity (Wildman–Crippen MR) is 77.1 cm³/mol. The number of anilines is 1. The molecule has 4 nitrogen and oxygen atoms in total. The fraction of sp³-hybridized carbons (Fsp3) is 0.133. The van der Waals surface area contributed by atoms with Crippen LogP contribution in [0.2, 0.25) is 5.02 Å². The van der Waals surface area contributed by atoms with Gasteiger partial charge in [0.25, 0.3) is 0 Å². The number of pyridine rings is 1. The first-order valence-electron chi connectivity index (χ1n) is 6.04. The summed E-state index contributed by atoms with van der Waals surface area (Å²) in [4.78, 5) is 16.0. The number of nitrogens with one attached hydrogen (secondary N) is 1. The van der Waals surface area contributed by atoms with Crippen molar-refractivity contribution in [3.8, 4) is 6.07 Å². The van der Waals surface area contributed by atoms with Gasteiger partial charge in [0.05, 0.1) is 6.07 Å². The molecule has 0 bridgehead atoms. The standard InChI is InChI=1S/C15H12ClN3O/c16-13-3-5-14(6-4-13)19-15(20)12(9-17)8-11-2-1-7-18-10-11/h1-7,10,12H,8H2,(H,19,20)/t12-/m1/s1. The van der Waals surface area contributed by atoms with Gasteiger partial charge in [0, 0.05) is 23.1 Å². The summed E-state index contributed by atoms with van der Waals surface area (Å²) >= 11 is 5.77. The molecular weight excluding hydrogens is 274 g/mol. The Kier molecular flexibility index (Phi) is 4.70. The van der Waals surface area contributed by atoms with Crippen LogP contribution < -0.4 is 5.32 Å². The maximum Gasteiger partial charge on any atom is 0.242 e. The number of amides is 1. The molecule has 0 saturated carbocycles. The maximum atomic E-state index is 12.0. The molecule has 1 N–H and O–H groups in total. The first kappa shape index (κ1) is 14.0. The van der Waals surface area contributed by atoms with Crippen molar-refractivity contribution in [2.24, 2.45) is 5.92 Å². The highest BCUT2D eigenvalue weighted by atomic mass is 35.5. The van der Waals surface area contributed by atoms with Crippen molar-refractivity contribution < 1.29 is 4.79 Å². The van der Waals surface area contributed by atoms with Crippen LogP contribution in [0.1, 0.15) is 5.56 Å². The lowest BCUT2D eigenvalue weighted by atomic mass is 10.0. The van der Waals surface area contributed by atoms with Crippen molar-refractivity contribution >= 4 is 23.2 Å². The number of hydrogen-bond donors (Lipinski definition) is 1. The van der Waals surface area contributed by atoms with Crippen LogP contribution in [-0.2, 0) is 11.2 Å². The van der Waals surface area contributed by atoms with Crippen molar-refractivity contribution in [3.05, 3.63) is 59.4 Å². The molecule has 0 unspecified atom stereocenters. The summed E-state index contributed by atoms with van der Waals surface area (Å²) < 4.78 is 0. The summed E-state index contributed by atoms with van der Waals surface area (Å²) in [6.45, 7) is 0. The zero-order valence-corrected chi connectivity index (χ0v) is 11.3. The van der Waals surface area contributed by atoms with Crippen LogP contribution in [0.25, 0.3) is 0 Å². The van der Waals surface area contributed by atoms with E-state index in [4.69, 9.17) is 16.9 Å². The molecule has 2 aromatic rings. The molecule has 2 rings (SSSR count). The van der Waals surface area contributed by atoms with Gasteiger partial charge in [0.2, 0.25) is 5.91 Å². The Morgan fingerprint density at radius 1 is 1.35 bits per heavy atom. The van der Waals surface area contributed by atoms with Gasteiger partial charge >= 0.3 is 0 Å². The Balaban J connectivity index is 2.03. The first-order valence-corrected chi connectivity index (χ1v) is 6.42. The third-order valence-electron chi connectivity index (χ3n) is 2.75. The number of carbonyl (C=O) groups excluding carboxylic acids is 1. The molecule has 0 radical (unpaired) electrons. The van der Waals surface area contributed by atoms with Gasteiger partial charge in [0.1, 0.15) is 5.92 Å². The van der Waals surface area contributed by atoms with Crippen LogP contribution >= 0.6 is 11.6 Å². The number of halogens is 1. The van der Waals surface area contributed by atoms with Gasteiger partial charge in [-0.15, -0.1) is 0 Å². The number of nitriles is 1. The fourth-order valence-electron chi connectivity index (χ4n) is 1.71. The number of carbonyl (C=O) groups is 1. The Labute approximate surface area is 122 Å². The van der Waals surface area contributed by atoms with Crippen molar-refractivity contribution in [2.45, 2.75) is 6.42 Å². The van der Waals surface area contributed by atoms with Crippen molar-refractivity contribution in [3.63, 3.8) is 0 Å². The highest BCUT2D eigenvalue weighted by molar-refractivity contribution is 6.30. The molecule has 0 aliphatic heterocycles. The Bertz CT molecular complexity index is 620. The van der Waals surface area contributed by atoms with Crippen molar-refractivity contribution in [1.82, 2.24) is 4.98 Å². The average Bonchev–Trinajstić information content (AvgIpc) is 2.48. The molecule has 5 heteroatoms. The number of benzene rings is 1. The van der Waals surface area contributed by atoms with Crippen LogP contribution in [0.4, 0.5) is 5.69 Å². The van der Waals surface area contributed by atoms with Crippen LogP contribution in [0.15, 0.2) is 48.8 Å². The van der Waals surface area contributed by atoms with Gasteiger partial charge in [-0.1, -0.05) is 17.7 Å². The van der Waals surface area contributed by atoms with Crippen molar-refractivity contribution in [1.29, 1.82) is 5.26 Å². The molecule has 0 aliphatic carbocycles. The lowest BCUT2D eigenvalue weighted by Gasteiger charge is -2.10. The molecule has 0 spiro atoms. The molecule has 1 amide bonds. The zero-order valence-electron chi connectivity index (χ0n) is 10.6. The summed E-state index contributed by atoms with van der Waals surface area (Å²) in [7, 11) is 0. The van der Waals surface area contributed by atoms with E-state index in [0.717, 1.165) is 5.56 Å². The van der Waals surface area contributed by atoms with E-state index in [-0.39, 0.29) is 5.91 Å². The van der Waals surface area contributed by atoms with Crippen LogP contribution in [0.5, 0.6) is 0 Å². The summed E-state index contributed by atoms with van der Waals surface area (Å²) in [5.74, 6) is -1.09. The highest BCUT2D eigenvalue weighted by Gasteiger charge is 2.18. The van der Waals surface area contributed by atoms with Gasteiger partial charge in [-0.05, 0) is 42.3 Å². The van der Waals surface area contributed by atoms with E-state index in [9.17, 15) is 4.79 Å². The molecule has 0 saturated heterocycles. The van der Waals surface area contributed by atoms with E-state index >= 15 is 0 Å². The molecule has 0 aliphatic rings. The smallest absolute Gasteiger partial charge is 0.242 e. The quantitative estimate of drug-likeness (QED) is 0.939. The molecule has 1 heterocycles. The number of rotatable bonds is 4. The van der Waals surface area contributed by atoms with Gasteiger partial charge in [0.15, 0.2) is 0 Å². The average molecular weight is 286 g/mol. The van der Waals surface area contributed by atoms with Gasteiger partial charge in [-0.3, -0.25) is 9.78 Å². The summed E-state index contributed by atoms with van der Waals surface area (Å²) in [5, 5.41) is 12.4. The van der Waals surface area contributed by atoms with Gasteiger partial charge in [-0.2, -0.15) is 5.26 Å². The Hall–Kier alpha value is -2.38. The lowest BCUT2D eigenvalue weighted by molar-refractivity contribution is -0.118. The van der Waals surface area contributed by atoms with Crippen LogP contribution in [-0.4, -0.2) is 10.9 Å². The molecule has 1 atom stereocenters. The highest BCUT2D eigenvalue weighted by Crippen LogP contribution is 2.15. The molecule has 100 valence electrons. The zero-order chi connectivity index (χ0) is 14.4. The van der Waals surface area contributed by atoms with Crippen molar-refractivity contribution in [2.75, 3.05) is 5.32 Å². The van der Waals surface area contributed by atoms with Crippen LogP contribution in [0.3, 0.4) is 0 Å². The normalized spacial score (nSPS) is 11.4. The second-order valence-corrected chi connectivity index (χ2v) is 4.68. The van der Waals surface area contributed by atoms with Gasteiger partial charge < -0.3 is 5.32 Å². The van der Waals surface area contributed by atoms with Gasteiger partial charge in [-0.25, -0.2) is 0 Å². The van der Waals surface area contributed by atoms with Crippen LogP contribution in [0, 0.1) is 17.2 Å². The molecule has 0 fully saturated rings. The Morgan fingerprint density at radius 2 is 2.10 bits per heavy atom. The third kappa shape index (κ3) is 3.81. The lowest BCUT2D eigenvalue weighted by Crippen LogP contribution is -2.23. The molecule has 20 heavy (non-hydrogen) atoms. The van der Waals surface area contributed by atoms with E-state index in [1.807, 2.05) is 12.1 Å². The fourth-order valence-corrected chi connectivity index (χ4v) is 1.84. The van der Waals surface area contributed by atoms with E-state index in [1.165, 1.54) is 0 Å². The Morgan fingerprint density at radius 3 is 2.70 bits per heavy atom. The maximum absolute atomic E-state index is 12.0. The second kappa shape index (κ2) is 6.69. The van der Waals surface area contributed by atoms with E-state index in [0.29, 0.717) is 17.1 Å². The number of hydrogen-bond acceptors (Lipinski definition) is 3. The van der Waals surface area contributed by atoms with E-state index < -0.39 is 5.92 Å². The largest absolute Gasteiger partial charge is 0.325 e. The second-order valence-electron chi connectivity index (χ2n) is 4.24. The molecular formula is C15H12ClN3O. The van der Waals surface area contributed by atoms with E-state index in [1.54, 1.807) is 42.7 Å². The van der Waals surface area contributed by atoms with E-state index in [2.05, 4.69) is 10.3 Å². The third-order valence-corrected chi connectivity index (χ3v) is 3.00.